The van der Waals surface area contributed by atoms with E-state index in [1.54, 1.807) is 6.08 Å². The van der Waals surface area contributed by atoms with Gasteiger partial charge in [0.05, 0.1) is 11.7 Å². The zero-order valence-electron chi connectivity index (χ0n) is 15.5. The van der Waals surface area contributed by atoms with Crippen LogP contribution in [0.1, 0.15) is 65.7 Å². The third-order valence-electron chi connectivity index (χ3n) is 8.90. The average Bonchev–Trinajstić information content (AvgIpc) is 2.78. The number of hydrogen-bond donors (Lipinski definition) is 2. The van der Waals surface area contributed by atoms with Crippen molar-refractivity contribution in [3.05, 3.63) is 11.6 Å². The summed E-state index contributed by atoms with van der Waals surface area (Å²) < 4.78 is 0. The minimum Gasteiger partial charge on any atom is -0.389 e. The van der Waals surface area contributed by atoms with Gasteiger partial charge in [0, 0.05) is 17.3 Å². The van der Waals surface area contributed by atoms with Crippen LogP contribution in [0.5, 0.6) is 0 Å². The van der Waals surface area contributed by atoms with Gasteiger partial charge in [-0.05, 0) is 62.4 Å². The number of aliphatic hydroxyl groups is 2. The zero-order chi connectivity index (χ0) is 18.3. The van der Waals surface area contributed by atoms with E-state index < -0.39 is 16.6 Å². The van der Waals surface area contributed by atoms with Crippen LogP contribution in [0.3, 0.4) is 0 Å². The number of fused-ring (bicyclic) bond motifs is 5. The van der Waals surface area contributed by atoms with Gasteiger partial charge in [-0.25, -0.2) is 0 Å². The maximum Gasteiger partial charge on any atom is 0.159 e. The molecule has 0 aromatic heterocycles. The molecule has 0 aliphatic heterocycles. The van der Waals surface area contributed by atoms with Crippen molar-refractivity contribution in [1.29, 1.82) is 5.26 Å². The zero-order valence-corrected chi connectivity index (χ0v) is 15.5. The monoisotopic (exact) mass is 343 g/mol. The molecule has 0 amide bonds. The van der Waals surface area contributed by atoms with Crippen molar-refractivity contribution < 1.29 is 15.0 Å². The highest BCUT2D eigenvalue weighted by Crippen LogP contribution is 2.69. The molecule has 0 saturated heterocycles. The van der Waals surface area contributed by atoms with Gasteiger partial charge in [-0.3, -0.25) is 4.79 Å². The van der Waals surface area contributed by atoms with Gasteiger partial charge in [-0.15, -0.1) is 0 Å². The Morgan fingerprint density at radius 3 is 2.56 bits per heavy atom. The van der Waals surface area contributed by atoms with E-state index in [1.807, 2.05) is 6.92 Å². The van der Waals surface area contributed by atoms with E-state index in [0.29, 0.717) is 25.7 Å². The molecule has 4 aliphatic rings. The van der Waals surface area contributed by atoms with E-state index in [9.17, 15) is 20.3 Å². The Balaban J connectivity index is 1.79. The first-order chi connectivity index (χ1) is 11.6. The highest BCUT2D eigenvalue weighted by molar-refractivity contribution is 5.91. The first-order valence-electron chi connectivity index (χ1n) is 9.72. The van der Waals surface area contributed by atoms with Gasteiger partial charge in [0.25, 0.3) is 0 Å². The Hall–Kier alpha value is -1.18. The molecule has 2 N–H and O–H groups in total. The molecular weight excluding hydrogens is 314 g/mol. The van der Waals surface area contributed by atoms with E-state index in [1.165, 1.54) is 0 Å². The first-order valence-corrected chi connectivity index (χ1v) is 9.72. The minimum absolute atomic E-state index is 0.0764. The normalized spacial score (nSPS) is 54.8. The van der Waals surface area contributed by atoms with Gasteiger partial charge in [-0.2, -0.15) is 5.26 Å². The molecule has 4 rings (SSSR count). The van der Waals surface area contributed by atoms with E-state index in [-0.39, 0.29) is 29.0 Å². The molecule has 4 heteroatoms. The second kappa shape index (κ2) is 4.96. The summed E-state index contributed by atoms with van der Waals surface area (Å²) >= 11 is 0. The van der Waals surface area contributed by atoms with Crippen molar-refractivity contribution in [3.63, 3.8) is 0 Å². The van der Waals surface area contributed by atoms with E-state index in [2.05, 4.69) is 19.9 Å². The average molecular weight is 343 g/mol. The Bertz CT molecular complexity index is 708. The molecule has 0 unspecified atom stereocenters. The second-order valence-corrected chi connectivity index (χ2v) is 9.58. The third kappa shape index (κ3) is 1.82. The predicted molar refractivity (Wildman–Crippen MR) is 93.3 cm³/mol. The molecule has 0 bridgehead atoms. The summed E-state index contributed by atoms with van der Waals surface area (Å²) in [4.78, 5) is 11.9. The van der Waals surface area contributed by atoms with Crippen LogP contribution in [0.4, 0.5) is 0 Å². The largest absolute Gasteiger partial charge is 0.389 e. The molecule has 0 spiro atoms. The molecule has 3 saturated carbocycles. The van der Waals surface area contributed by atoms with E-state index >= 15 is 0 Å². The molecule has 0 aromatic carbocycles. The lowest BCUT2D eigenvalue weighted by molar-refractivity contribution is -0.203. The molecule has 3 fully saturated rings. The van der Waals surface area contributed by atoms with Crippen LogP contribution in [-0.2, 0) is 4.79 Å². The molecule has 136 valence electrons. The molecule has 0 aromatic rings. The fraction of sp³-hybridized carbons (Fsp3) is 0.810. The summed E-state index contributed by atoms with van der Waals surface area (Å²) in [6.45, 7) is 6.16. The maximum absolute atomic E-state index is 11.9. The van der Waals surface area contributed by atoms with Gasteiger partial charge >= 0.3 is 0 Å². The number of carbonyl (C=O) groups excluding carboxylic acids is 1. The summed E-state index contributed by atoms with van der Waals surface area (Å²) in [5.41, 5.74) is -1.82. The van der Waals surface area contributed by atoms with Crippen LogP contribution in [-0.4, -0.2) is 27.2 Å². The minimum atomic E-state index is -1.31. The lowest BCUT2D eigenvalue weighted by atomic mass is 9.44. The molecule has 4 nitrogen and oxygen atoms in total. The number of rotatable bonds is 0. The van der Waals surface area contributed by atoms with Gasteiger partial charge in [0.2, 0.25) is 0 Å². The van der Waals surface area contributed by atoms with E-state index in [0.717, 1.165) is 24.8 Å². The number of ketones is 1. The lowest BCUT2D eigenvalue weighted by Crippen LogP contribution is -2.64. The summed E-state index contributed by atoms with van der Waals surface area (Å²) in [5, 5.41) is 32.8. The topological polar surface area (TPSA) is 81.3 Å². The van der Waals surface area contributed by atoms with Crippen molar-refractivity contribution in [1.82, 2.24) is 0 Å². The Labute approximate surface area is 149 Å². The molecule has 25 heavy (non-hydrogen) atoms. The fourth-order valence-electron chi connectivity index (χ4n) is 7.09. The van der Waals surface area contributed by atoms with Gasteiger partial charge in [0.15, 0.2) is 11.4 Å². The van der Waals surface area contributed by atoms with Crippen molar-refractivity contribution in [2.45, 2.75) is 76.9 Å². The van der Waals surface area contributed by atoms with Crippen LogP contribution in [0.15, 0.2) is 11.6 Å². The Morgan fingerprint density at radius 2 is 1.88 bits per heavy atom. The Kier molecular flexibility index (Phi) is 3.42. The predicted octanol–water partition coefficient (Wildman–Crippen LogP) is 3.13. The molecule has 0 heterocycles. The third-order valence-corrected chi connectivity index (χ3v) is 8.90. The molecule has 4 aliphatic carbocycles. The Morgan fingerprint density at radius 1 is 1.16 bits per heavy atom. The fourth-order valence-corrected chi connectivity index (χ4v) is 7.09. The number of nitriles is 1. The van der Waals surface area contributed by atoms with Crippen LogP contribution in [0, 0.1) is 39.9 Å². The highest BCUT2D eigenvalue weighted by atomic mass is 16.3. The number of carbonyl (C=O) groups is 1. The summed E-state index contributed by atoms with van der Waals surface area (Å²) in [6.07, 6.45) is 6.76. The quantitative estimate of drug-likeness (QED) is 0.662. The van der Waals surface area contributed by atoms with Gasteiger partial charge in [-0.1, -0.05) is 26.3 Å². The number of hydrogen-bond acceptors (Lipinski definition) is 4. The van der Waals surface area contributed by atoms with Crippen LogP contribution >= 0.6 is 0 Å². The van der Waals surface area contributed by atoms with Crippen molar-refractivity contribution in [3.8, 4) is 6.07 Å². The van der Waals surface area contributed by atoms with Crippen molar-refractivity contribution in [2.75, 3.05) is 0 Å². The highest BCUT2D eigenvalue weighted by Gasteiger charge is 2.71. The summed E-state index contributed by atoms with van der Waals surface area (Å²) in [7, 11) is 0. The molecule has 7 atom stereocenters. The van der Waals surface area contributed by atoms with Crippen molar-refractivity contribution in [2.24, 2.45) is 28.6 Å². The van der Waals surface area contributed by atoms with Crippen molar-refractivity contribution >= 4 is 5.78 Å². The van der Waals surface area contributed by atoms with Gasteiger partial charge in [0.1, 0.15) is 0 Å². The maximum atomic E-state index is 11.9. The van der Waals surface area contributed by atoms with Gasteiger partial charge < -0.3 is 10.2 Å². The van der Waals surface area contributed by atoms with Crippen LogP contribution < -0.4 is 0 Å². The summed E-state index contributed by atoms with van der Waals surface area (Å²) in [5.74, 6) is 0.351. The van der Waals surface area contributed by atoms with Crippen LogP contribution in [0.25, 0.3) is 0 Å². The molecular formula is C21H29NO3. The smallest absolute Gasteiger partial charge is 0.159 e. The first kappa shape index (κ1) is 17.2. The SMILES string of the molecule is C[C@H]1C[C@H]2[C@@H]3CCC4=CC(=O)CC[C@]4(C)[C@@]3(O)CC[C@]2(C)[C@]1(O)C#N. The number of nitrogens with zero attached hydrogens (tertiary/aromatic N) is 1. The van der Waals surface area contributed by atoms with Crippen LogP contribution in [0.2, 0.25) is 0 Å². The second-order valence-electron chi connectivity index (χ2n) is 9.58. The molecule has 0 radical (unpaired) electrons. The summed E-state index contributed by atoms with van der Waals surface area (Å²) in [6, 6.07) is 2.23. The standard InChI is InChI=1S/C21H29NO3/c1-13-10-17-16-5-4-14-11-15(23)6-7-18(14,2)20(16,24)9-8-19(17,3)21(13,25)12-22/h11,13,16-17,24-25H,4-10H2,1-3H3/t13-,16-,17-,18-,19-,20+,21-/m0/s1. The lowest BCUT2D eigenvalue weighted by Gasteiger charge is -2.63. The van der Waals surface area contributed by atoms with E-state index in [4.69, 9.17) is 0 Å².